The lowest BCUT2D eigenvalue weighted by Crippen LogP contribution is -2.49. The molecule has 0 radical (unpaired) electrons. The fourth-order valence-corrected chi connectivity index (χ4v) is 2.74. The van der Waals surface area contributed by atoms with E-state index in [-0.39, 0.29) is 17.6 Å². The van der Waals surface area contributed by atoms with Crippen molar-refractivity contribution >= 4 is 23.6 Å². The number of hydrogen-bond donors (Lipinski definition) is 2. The Morgan fingerprint density at radius 3 is 2.83 bits per heavy atom. The Morgan fingerprint density at radius 1 is 1.48 bits per heavy atom. The third-order valence-electron chi connectivity index (χ3n) is 4.08. The van der Waals surface area contributed by atoms with Gasteiger partial charge in [0.1, 0.15) is 0 Å². The van der Waals surface area contributed by atoms with E-state index in [9.17, 15) is 9.59 Å². The molecule has 7 nitrogen and oxygen atoms in total. The van der Waals surface area contributed by atoms with Gasteiger partial charge in [-0.05, 0) is 19.1 Å². The molecule has 8 heteroatoms. The minimum atomic E-state index is -0.113. The summed E-state index contributed by atoms with van der Waals surface area (Å²) in [6.45, 7) is 4.18. The zero-order valence-electron chi connectivity index (χ0n) is 13.9. The molecule has 1 aromatic rings. The van der Waals surface area contributed by atoms with Crippen molar-refractivity contribution in [2.75, 3.05) is 30.8 Å². The van der Waals surface area contributed by atoms with Crippen molar-refractivity contribution in [3.8, 4) is 0 Å². The molecule has 1 saturated heterocycles. The predicted molar refractivity (Wildman–Crippen MR) is 94.2 cm³/mol. The van der Waals surface area contributed by atoms with Crippen molar-refractivity contribution in [1.29, 1.82) is 0 Å². The number of hydrogen-bond acceptors (Lipinski definition) is 5. The number of aryl methyl sites for hydroxylation is 1. The van der Waals surface area contributed by atoms with Crippen LogP contribution in [0.5, 0.6) is 0 Å². The van der Waals surface area contributed by atoms with E-state index in [1.54, 1.807) is 31.2 Å². The SMILES string of the molecule is CS[C@@H](C)CNC(=O)NC1CCN(c2nccn(C)c2=O)CC1. The van der Waals surface area contributed by atoms with Crippen LogP contribution in [0.3, 0.4) is 0 Å². The summed E-state index contributed by atoms with van der Waals surface area (Å²) in [5.41, 5.74) is -0.0808. The van der Waals surface area contributed by atoms with Crippen LogP contribution in [-0.2, 0) is 7.05 Å². The molecule has 23 heavy (non-hydrogen) atoms. The van der Waals surface area contributed by atoms with Crippen LogP contribution in [0, 0.1) is 0 Å². The second kappa shape index (κ2) is 8.24. The van der Waals surface area contributed by atoms with Gasteiger partial charge in [-0.3, -0.25) is 4.79 Å². The van der Waals surface area contributed by atoms with E-state index < -0.39 is 0 Å². The number of urea groups is 1. The summed E-state index contributed by atoms with van der Waals surface area (Å²) < 4.78 is 1.53. The minimum absolute atomic E-state index is 0.0808. The molecule has 0 spiro atoms. The molecule has 2 rings (SSSR count). The summed E-state index contributed by atoms with van der Waals surface area (Å²) in [5, 5.41) is 6.30. The maximum absolute atomic E-state index is 12.1. The Hall–Kier alpha value is -1.70. The van der Waals surface area contributed by atoms with Crippen LogP contribution >= 0.6 is 11.8 Å². The summed E-state index contributed by atoms with van der Waals surface area (Å²) in [5.74, 6) is 0.492. The Kier molecular flexibility index (Phi) is 6.32. The van der Waals surface area contributed by atoms with Crippen LogP contribution in [0.2, 0.25) is 0 Å². The van der Waals surface area contributed by atoms with Gasteiger partial charge < -0.3 is 20.1 Å². The number of carbonyl (C=O) groups is 1. The van der Waals surface area contributed by atoms with Crippen molar-refractivity contribution in [3.63, 3.8) is 0 Å². The van der Waals surface area contributed by atoms with E-state index >= 15 is 0 Å². The third-order valence-corrected chi connectivity index (χ3v) is 5.05. The fourth-order valence-electron chi connectivity index (χ4n) is 2.49. The van der Waals surface area contributed by atoms with Gasteiger partial charge in [0, 0.05) is 50.4 Å². The molecule has 1 aliphatic heterocycles. The first-order chi connectivity index (χ1) is 11.0. The van der Waals surface area contributed by atoms with Crippen LogP contribution in [0.4, 0.5) is 10.6 Å². The molecule has 128 valence electrons. The number of nitrogens with zero attached hydrogens (tertiary/aromatic N) is 3. The first-order valence-corrected chi connectivity index (χ1v) is 9.13. The molecule has 0 aromatic carbocycles. The highest BCUT2D eigenvalue weighted by atomic mass is 32.2. The Balaban J connectivity index is 1.81. The van der Waals surface area contributed by atoms with Crippen LogP contribution in [-0.4, -0.2) is 52.8 Å². The summed E-state index contributed by atoms with van der Waals surface area (Å²) in [6.07, 6.45) is 6.94. The number of aromatic nitrogens is 2. The lowest BCUT2D eigenvalue weighted by molar-refractivity contribution is 0.234. The van der Waals surface area contributed by atoms with Crippen LogP contribution in [0.15, 0.2) is 17.2 Å². The molecule has 1 aromatic heterocycles. The van der Waals surface area contributed by atoms with Gasteiger partial charge in [0.25, 0.3) is 5.56 Å². The van der Waals surface area contributed by atoms with Gasteiger partial charge in [-0.15, -0.1) is 0 Å². The van der Waals surface area contributed by atoms with E-state index in [0.29, 0.717) is 17.6 Å². The number of thioether (sulfide) groups is 1. The largest absolute Gasteiger partial charge is 0.352 e. The number of piperidine rings is 1. The molecule has 0 aliphatic carbocycles. The lowest BCUT2D eigenvalue weighted by atomic mass is 10.1. The summed E-state index contributed by atoms with van der Waals surface area (Å²) in [7, 11) is 1.72. The highest BCUT2D eigenvalue weighted by molar-refractivity contribution is 7.99. The maximum Gasteiger partial charge on any atom is 0.315 e. The van der Waals surface area contributed by atoms with Gasteiger partial charge in [0.05, 0.1) is 0 Å². The molecule has 1 fully saturated rings. The molecule has 2 heterocycles. The van der Waals surface area contributed by atoms with Gasteiger partial charge >= 0.3 is 6.03 Å². The van der Waals surface area contributed by atoms with E-state index in [1.807, 2.05) is 11.2 Å². The van der Waals surface area contributed by atoms with Gasteiger partial charge in [-0.1, -0.05) is 6.92 Å². The Labute approximate surface area is 140 Å². The third kappa shape index (κ3) is 4.89. The van der Waals surface area contributed by atoms with Crippen molar-refractivity contribution in [2.24, 2.45) is 7.05 Å². The van der Waals surface area contributed by atoms with Gasteiger partial charge in [-0.2, -0.15) is 11.8 Å². The Morgan fingerprint density at radius 2 is 2.17 bits per heavy atom. The number of amides is 2. The molecule has 0 unspecified atom stereocenters. The van der Waals surface area contributed by atoms with E-state index in [0.717, 1.165) is 25.9 Å². The van der Waals surface area contributed by atoms with E-state index in [4.69, 9.17) is 0 Å². The number of carbonyl (C=O) groups excluding carboxylic acids is 1. The average Bonchev–Trinajstić information content (AvgIpc) is 2.56. The second-order valence-corrected chi connectivity index (χ2v) is 7.11. The monoisotopic (exact) mass is 339 g/mol. The van der Waals surface area contributed by atoms with Crippen LogP contribution < -0.4 is 21.1 Å². The van der Waals surface area contributed by atoms with E-state index in [1.165, 1.54) is 4.57 Å². The Bertz CT molecular complexity index is 583. The molecular weight excluding hydrogens is 314 g/mol. The standard InChI is InChI=1S/C15H25N5O2S/c1-11(23-3)10-17-15(22)18-12-4-7-20(8-5-12)13-14(21)19(2)9-6-16-13/h6,9,11-12H,4-5,7-8,10H2,1-3H3,(H2,17,18,22)/t11-/m0/s1. The lowest BCUT2D eigenvalue weighted by Gasteiger charge is -2.32. The highest BCUT2D eigenvalue weighted by Crippen LogP contribution is 2.14. The molecule has 1 aliphatic rings. The maximum atomic E-state index is 12.1. The molecule has 2 N–H and O–H groups in total. The fraction of sp³-hybridized carbons (Fsp3) is 0.667. The molecule has 1 atom stereocenters. The van der Waals surface area contributed by atoms with Gasteiger partial charge in [0.2, 0.25) is 0 Å². The number of rotatable bonds is 5. The first-order valence-electron chi connectivity index (χ1n) is 7.85. The molecular formula is C15H25N5O2S. The van der Waals surface area contributed by atoms with Crippen LogP contribution in [0.1, 0.15) is 19.8 Å². The van der Waals surface area contributed by atoms with Crippen molar-refractivity contribution < 1.29 is 4.79 Å². The quantitative estimate of drug-likeness (QED) is 0.829. The topological polar surface area (TPSA) is 79.3 Å². The van der Waals surface area contributed by atoms with E-state index in [2.05, 4.69) is 22.5 Å². The summed E-state index contributed by atoms with van der Waals surface area (Å²) in [4.78, 5) is 30.1. The van der Waals surface area contributed by atoms with Gasteiger partial charge in [0.15, 0.2) is 5.82 Å². The molecule has 2 amide bonds. The number of nitrogens with one attached hydrogen (secondary N) is 2. The second-order valence-electron chi connectivity index (χ2n) is 5.83. The first kappa shape index (κ1) is 17.7. The van der Waals surface area contributed by atoms with Crippen molar-refractivity contribution in [1.82, 2.24) is 20.2 Å². The van der Waals surface area contributed by atoms with Crippen LogP contribution in [0.25, 0.3) is 0 Å². The molecule has 0 bridgehead atoms. The number of anilines is 1. The van der Waals surface area contributed by atoms with Crippen molar-refractivity contribution in [3.05, 3.63) is 22.7 Å². The molecule has 0 saturated carbocycles. The summed E-state index contributed by atoms with van der Waals surface area (Å²) in [6, 6.07) is 0.0292. The normalized spacial score (nSPS) is 16.9. The average molecular weight is 339 g/mol. The minimum Gasteiger partial charge on any atom is -0.352 e. The smallest absolute Gasteiger partial charge is 0.315 e. The predicted octanol–water partition coefficient (Wildman–Crippen LogP) is 0.800. The zero-order chi connectivity index (χ0) is 16.8. The van der Waals surface area contributed by atoms with Crippen molar-refractivity contribution in [2.45, 2.75) is 31.1 Å². The zero-order valence-corrected chi connectivity index (χ0v) is 14.7. The highest BCUT2D eigenvalue weighted by Gasteiger charge is 2.23. The van der Waals surface area contributed by atoms with Gasteiger partial charge in [-0.25, -0.2) is 9.78 Å². The summed E-state index contributed by atoms with van der Waals surface area (Å²) >= 11 is 1.73.